The van der Waals surface area contributed by atoms with Crippen LogP contribution in [0.4, 0.5) is 0 Å². The third-order valence-corrected chi connectivity index (χ3v) is 4.22. The maximum atomic E-state index is 10.4. The number of aryl methyl sites for hydroxylation is 1. The van der Waals surface area contributed by atoms with E-state index in [1.165, 1.54) is 0 Å². The van der Waals surface area contributed by atoms with E-state index in [1.807, 2.05) is 6.92 Å². The molecule has 1 aromatic heterocycles. The van der Waals surface area contributed by atoms with Crippen molar-refractivity contribution >= 4 is 49.5 Å². The molecule has 4 heteroatoms. The van der Waals surface area contributed by atoms with Crippen molar-refractivity contribution in [1.29, 1.82) is 0 Å². The molecule has 0 amide bonds. The highest BCUT2D eigenvalue weighted by Gasteiger charge is 2.09. The zero-order valence-electron chi connectivity index (χ0n) is 5.15. The van der Waals surface area contributed by atoms with Gasteiger partial charge in [-0.2, -0.15) is 0 Å². The molecule has 0 atom stereocenters. The fourth-order valence-electron chi connectivity index (χ4n) is 0.608. The third-order valence-electron chi connectivity index (χ3n) is 1.12. The van der Waals surface area contributed by atoms with E-state index >= 15 is 0 Å². The molecular formula is C6H4Br2OS. The van der Waals surface area contributed by atoms with Gasteiger partial charge in [0.25, 0.3) is 0 Å². The molecule has 0 aliphatic carbocycles. The number of rotatable bonds is 1. The summed E-state index contributed by atoms with van der Waals surface area (Å²) in [6.45, 7) is 1.96. The zero-order chi connectivity index (χ0) is 7.72. The topological polar surface area (TPSA) is 17.1 Å². The summed E-state index contributed by atoms with van der Waals surface area (Å²) in [4.78, 5) is 11.5. The van der Waals surface area contributed by atoms with Crippen LogP contribution in [0, 0.1) is 6.92 Å². The fraction of sp³-hybridized carbons (Fsp3) is 0.167. The molecule has 0 aromatic carbocycles. The van der Waals surface area contributed by atoms with E-state index in [0.717, 1.165) is 19.4 Å². The van der Waals surface area contributed by atoms with Crippen molar-refractivity contribution in [1.82, 2.24) is 0 Å². The Morgan fingerprint density at radius 1 is 1.50 bits per heavy atom. The van der Waals surface area contributed by atoms with E-state index in [1.54, 1.807) is 11.3 Å². The number of carbonyl (C=O) groups is 1. The van der Waals surface area contributed by atoms with Gasteiger partial charge in [0.15, 0.2) is 6.29 Å². The molecule has 0 spiro atoms. The van der Waals surface area contributed by atoms with Crippen LogP contribution in [0.25, 0.3) is 0 Å². The van der Waals surface area contributed by atoms with Gasteiger partial charge in [0.05, 0.1) is 9.35 Å². The first kappa shape index (κ1) is 8.43. The van der Waals surface area contributed by atoms with E-state index in [9.17, 15) is 4.79 Å². The maximum Gasteiger partial charge on any atom is 0.153 e. The molecule has 0 fully saturated rings. The van der Waals surface area contributed by atoms with Crippen LogP contribution in [0.5, 0.6) is 0 Å². The lowest BCUT2D eigenvalue weighted by Gasteiger charge is -1.84. The minimum atomic E-state index is 0.711. The minimum Gasteiger partial charge on any atom is -0.298 e. The Morgan fingerprint density at radius 2 is 2.10 bits per heavy atom. The Balaban J connectivity index is 3.33. The van der Waals surface area contributed by atoms with E-state index < -0.39 is 0 Å². The highest BCUT2D eigenvalue weighted by molar-refractivity contribution is 9.11. The van der Waals surface area contributed by atoms with Crippen LogP contribution in [-0.2, 0) is 0 Å². The summed E-state index contributed by atoms with van der Waals surface area (Å²) >= 11 is 8.15. The summed E-state index contributed by atoms with van der Waals surface area (Å²) < 4.78 is 1.80. The first-order chi connectivity index (χ1) is 4.66. The Hall–Kier alpha value is 0.330. The van der Waals surface area contributed by atoms with Crippen molar-refractivity contribution < 1.29 is 4.79 Å². The monoisotopic (exact) mass is 282 g/mol. The molecule has 1 aromatic rings. The number of hydrogen-bond acceptors (Lipinski definition) is 2. The second-order valence-electron chi connectivity index (χ2n) is 1.78. The predicted octanol–water partition coefficient (Wildman–Crippen LogP) is 3.39. The summed E-state index contributed by atoms with van der Waals surface area (Å²) in [6, 6.07) is 0. The molecular weight excluding hydrogens is 280 g/mol. The second-order valence-corrected chi connectivity index (χ2v) is 5.11. The molecule has 1 nitrogen and oxygen atoms in total. The van der Waals surface area contributed by atoms with Crippen molar-refractivity contribution in [3.8, 4) is 0 Å². The second kappa shape index (κ2) is 3.15. The number of carbonyl (C=O) groups excluding carboxylic acids is 1. The zero-order valence-corrected chi connectivity index (χ0v) is 9.14. The van der Waals surface area contributed by atoms with Crippen LogP contribution in [0.3, 0.4) is 0 Å². The van der Waals surface area contributed by atoms with Crippen molar-refractivity contribution in [2.75, 3.05) is 0 Å². The van der Waals surface area contributed by atoms with E-state index in [0.29, 0.717) is 5.56 Å². The number of aldehydes is 1. The highest BCUT2D eigenvalue weighted by Crippen LogP contribution is 2.34. The third kappa shape index (κ3) is 1.33. The lowest BCUT2D eigenvalue weighted by atomic mass is 10.3. The van der Waals surface area contributed by atoms with E-state index in [2.05, 4.69) is 31.9 Å². The molecule has 54 valence electrons. The lowest BCUT2D eigenvalue weighted by molar-refractivity contribution is 0.112. The van der Waals surface area contributed by atoms with Crippen LogP contribution in [0.1, 0.15) is 15.2 Å². The first-order valence-corrected chi connectivity index (χ1v) is 4.96. The van der Waals surface area contributed by atoms with Crippen LogP contribution in [0.2, 0.25) is 0 Å². The van der Waals surface area contributed by atoms with E-state index in [-0.39, 0.29) is 0 Å². The maximum absolute atomic E-state index is 10.4. The molecule has 1 rings (SSSR count). The van der Waals surface area contributed by atoms with Gasteiger partial charge in [-0.3, -0.25) is 4.79 Å². The quantitative estimate of drug-likeness (QED) is 0.722. The summed E-state index contributed by atoms with van der Waals surface area (Å²) in [6.07, 6.45) is 0.845. The molecule has 1 heterocycles. The molecule has 0 aliphatic rings. The van der Waals surface area contributed by atoms with Crippen molar-refractivity contribution in [2.45, 2.75) is 6.92 Å². The van der Waals surface area contributed by atoms with Gasteiger partial charge in [-0.1, -0.05) is 0 Å². The summed E-state index contributed by atoms with van der Waals surface area (Å²) in [7, 11) is 0. The standard InChI is InChI=1S/C6H4Br2OS/c1-3-5(7)4(2-9)6(8)10-3/h2H,1H3. The average molecular weight is 284 g/mol. The van der Waals surface area contributed by atoms with Gasteiger partial charge in [-0.25, -0.2) is 0 Å². The van der Waals surface area contributed by atoms with Crippen molar-refractivity contribution in [2.24, 2.45) is 0 Å². The first-order valence-electron chi connectivity index (χ1n) is 2.56. The molecule has 0 radical (unpaired) electrons. The molecule has 0 saturated carbocycles. The highest BCUT2D eigenvalue weighted by atomic mass is 79.9. The fourth-order valence-corrected chi connectivity index (χ4v) is 3.29. The predicted molar refractivity (Wildman–Crippen MR) is 49.8 cm³/mol. The van der Waals surface area contributed by atoms with Gasteiger partial charge in [-0.05, 0) is 38.8 Å². The Labute approximate surface area is 79.7 Å². The van der Waals surface area contributed by atoms with Gasteiger partial charge >= 0.3 is 0 Å². The summed E-state index contributed by atoms with van der Waals surface area (Å²) in [5.41, 5.74) is 0.711. The van der Waals surface area contributed by atoms with Gasteiger partial charge in [-0.15, -0.1) is 11.3 Å². The molecule has 0 bridgehead atoms. The van der Waals surface area contributed by atoms with Crippen LogP contribution < -0.4 is 0 Å². The van der Waals surface area contributed by atoms with Gasteiger partial charge in [0.1, 0.15) is 0 Å². The average Bonchev–Trinajstić information content (AvgIpc) is 2.09. The SMILES string of the molecule is Cc1sc(Br)c(C=O)c1Br. The van der Waals surface area contributed by atoms with Gasteiger partial charge in [0.2, 0.25) is 0 Å². The molecule has 0 saturated heterocycles. The largest absolute Gasteiger partial charge is 0.298 e. The molecule has 0 unspecified atom stereocenters. The number of halogens is 2. The summed E-state index contributed by atoms with van der Waals surface area (Å²) in [5, 5.41) is 0. The normalized spacial score (nSPS) is 9.90. The van der Waals surface area contributed by atoms with Crippen LogP contribution in [-0.4, -0.2) is 6.29 Å². The smallest absolute Gasteiger partial charge is 0.153 e. The summed E-state index contributed by atoms with van der Waals surface area (Å²) in [5.74, 6) is 0. The van der Waals surface area contributed by atoms with E-state index in [4.69, 9.17) is 0 Å². The molecule has 0 aliphatic heterocycles. The van der Waals surface area contributed by atoms with Gasteiger partial charge < -0.3 is 0 Å². The van der Waals surface area contributed by atoms with Crippen LogP contribution >= 0.6 is 43.2 Å². The van der Waals surface area contributed by atoms with Crippen molar-refractivity contribution in [3.63, 3.8) is 0 Å². The van der Waals surface area contributed by atoms with Crippen molar-refractivity contribution in [3.05, 3.63) is 18.7 Å². The Kier molecular flexibility index (Phi) is 2.66. The lowest BCUT2D eigenvalue weighted by Crippen LogP contribution is -1.75. The molecule has 10 heavy (non-hydrogen) atoms. The van der Waals surface area contributed by atoms with Gasteiger partial charge in [0, 0.05) is 9.35 Å². The number of hydrogen-bond donors (Lipinski definition) is 0. The number of thiophene rings is 1. The Morgan fingerprint density at radius 3 is 2.30 bits per heavy atom. The van der Waals surface area contributed by atoms with Crippen LogP contribution in [0.15, 0.2) is 8.26 Å². The minimum absolute atomic E-state index is 0.711. The Bertz CT molecular complexity index is 267. The molecule has 0 N–H and O–H groups in total.